The molecule has 20 heavy (non-hydrogen) atoms. The van der Waals surface area contributed by atoms with E-state index in [1.165, 1.54) is 20.2 Å². The normalized spacial score (nSPS) is 15.4. The molecule has 7 nitrogen and oxygen atoms in total. The van der Waals surface area contributed by atoms with Crippen LogP contribution in [0.25, 0.3) is 0 Å². The molecule has 1 heterocycles. The summed E-state index contributed by atoms with van der Waals surface area (Å²) in [7, 11) is -0.591. The minimum atomic E-state index is -3.55. The highest BCUT2D eigenvalue weighted by Gasteiger charge is 2.21. The van der Waals surface area contributed by atoms with Crippen LogP contribution in [0.2, 0.25) is 0 Å². The Hall–Kier alpha value is -1.64. The molecule has 1 aromatic rings. The third-order valence-electron chi connectivity index (χ3n) is 2.56. The summed E-state index contributed by atoms with van der Waals surface area (Å²) in [6.07, 6.45) is 0. The molecule has 0 bridgehead atoms. The summed E-state index contributed by atoms with van der Waals surface area (Å²) in [6, 6.07) is 6.57. The molecule has 2 N–H and O–H groups in total. The van der Waals surface area contributed by atoms with E-state index in [0.29, 0.717) is 11.6 Å². The van der Waals surface area contributed by atoms with Gasteiger partial charge in [-0.2, -0.15) is 0 Å². The number of halogens is 1. The first kappa shape index (κ1) is 14.8. The van der Waals surface area contributed by atoms with E-state index >= 15 is 0 Å². The predicted octanol–water partition coefficient (Wildman–Crippen LogP) is 0.860. The van der Waals surface area contributed by atoms with E-state index in [-0.39, 0.29) is 16.9 Å². The third-order valence-corrected chi connectivity index (χ3v) is 4.65. The lowest BCUT2D eigenvalue weighted by atomic mass is 10.3. The molecule has 0 aromatic heterocycles. The fourth-order valence-electron chi connectivity index (χ4n) is 1.53. The fourth-order valence-corrected chi connectivity index (χ4v) is 2.72. The van der Waals surface area contributed by atoms with Crippen LogP contribution in [0.3, 0.4) is 0 Å². The van der Waals surface area contributed by atoms with Crippen LogP contribution in [-0.4, -0.2) is 44.7 Å². The number of anilines is 1. The highest BCUT2D eigenvalue weighted by molar-refractivity contribution is 7.89. The van der Waals surface area contributed by atoms with Crippen molar-refractivity contribution >= 4 is 38.6 Å². The van der Waals surface area contributed by atoms with Gasteiger partial charge in [0.15, 0.2) is 5.29 Å². The number of aliphatic imine (C=N–C) groups is 2. The van der Waals surface area contributed by atoms with E-state index in [9.17, 15) is 8.42 Å². The van der Waals surface area contributed by atoms with Crippen molar-refractivity contribution in [3.63, 3.8) is 0 Å². The molecule has 1 aromatic carbocycles. The van der Waals surface area contributed by atoms with Gasteiger partial charge in [-0.25, -0.2) is 22.7 Å². The third kappa shape index (κ3) is 3.09. The number of benzene rings is 1. The lowest BCUT2D eigenvalue weighted by Gasteiger charge is -2.18. The summed E-state index contributed by atoms with van der Waals surface area (Å²) >= 11 is 5.75. The predicted molar refractivity (Wildman–Crippen MR) is 79.7 cm³/mol. The summed E-state index contributed by atoms with van der Waals surface area (Å²) in [5.41, 5.74) is 0.416. The number of hydrogen-bond donors (Lipinski definition) is 2. The van der Waals surface area contributed by atoms with Crippen molar-refractivity contribution in [3.05, 3.63) is 24.3 Å². The number of amidine groups is 1. The van der Waals surface area contributed by atoms with Gasteiger partial charge in [0, 0.05) is 14.1 Å². The summed E-state index contributed by atoms with van der Waals surface area (Å²) in [5, 5.41) is 5.83. The zero-order valence-electron chi connectivity index (χ0n) is 11.0. The standard InChI is InChI=1S/C11H14ClN5O2S/c1-17(2)20(18,19)9-6-4-3-5-8(9)15-11-14-7-13-10(12)16-11/h3-6H,7H2,1-2H3,(H2,13,14,15,16). The van der Waals surface area contributed by atoms with Gasteiger partial charge in [-0.15, -0.1) is 0 Å². The Kier molecular flexibility index (Phi) is 4.26. The van der Waals surface area contributed by atoms with Crippen molar-refractivity contribution in [3.8, 4) is 0 Å². The lowest BCUT2D eigenvalue weighted by Crippen LogP contribution is -2.36. The zero-order valence-corrected chi connectivity index (χ0v) is 12.5. The smallest absolute Gasteiger partial charge is 0.244 e. The summed E-state index contributed by atoms with van der Waals surface area (Å²) in [4.78, 5) is 8.06. The molecule has 0 atom stereocenters. The van der Waals surface area contributed by atoms with Crippen LogP contribution in [0.1, 0.15) is 0 Å². The number of guanidine groups is 1. The summed E-state index contributed by atoms with van der Waals surface area (Å²) < 4.78 is 25.6. The van der Waals surface area contributed by atoms with Crippen LogP contribution in [0.15, 0.2) is 39.1 Å². The van der Waals surface area contributed by atoms with Crippen LogP contribution in [0, 0.1) is 0 Å². The monoisotopic (exact) mass is 315 g/mol. The molecule has 0 unspecified atom stereocenters. The number of nitrogens with one attached hydrogen (secondary N) is 2. The van der Waals surface area contributed by atoms with Crippen molar-refractivity contribution in [1.29, 1.82) is 0 Å². The summed E-state index contributed by atoms with van der Waals surface area (Å²) in [5.74, 6) is 0.353. The Bertz CT molecular complexity index is 669. The maximum Gasteiger partial charge on any atom is 0.244 e. The second kappa shape index (κ2) is 5.78. The average molecular weight is 316 g/mol. The van der Waals surface area contributed by atoms with Crippen molar-refractivity contribution in [2.45, 2.75) is 4.90 Å². The maximum atomic E-state index is 12.2. The molecule has 0 aliphatic carbocycles. The van der Waals surface area contributed by atoms with Gasteiger partial charge in [-0.05, 0) is 23.7 Å². The number of nitrogens with zero attached hydrogens (tertiary/aromatic N) is 3. The van der Waals surface area contributed by atoms with Gasteiger partial charge < -0.3 is 10.6 Å². The molecule has 0 fully saturated rings. The van der Waals surface area contributed by atoms with Crippen LogP contribution < -0.4 is 10.6 Å². The van der Waals surface area contributed by atoms with E-state index in [1.54, 1.807) is 18.2 Å². The van der Waals surface area contributed by atoms with Crippen molar-refractivity contribution < 1.29 is 8.42 Å². The SMILES string of the molecule is CN(C)S(=O)(=O)c1ccccc1NC1=NCN=C(Cl)N1. The molecule has 0 amide bonds. The molecule has 0 spiro atoms. The van der Waals surface area contributed by atoms with Crippen molar-refractivity contribution in [1.82, 2.24) is 9.62 Å². The Morgan fingerprint density at radius 2 is 2.00 bits per heavy atom. The van der Waals surface area contributed by atoms with Crippen molar-refractivity contribution in [2.24, 2.45) is 9.98 Å². The molecule has 0 saturated heterocycles. The molecule has 1 aliphatic heterocycles. The van der Waals surface area contributed by atoms with E-state index in [4.69, 9.17) is 11.6 Å². The number of para-hydroxylation sites is 1. The van der Waals surface area contributed by atoms with Crippen LogP contribution in [0.4, 0.5) is 5.69 Å². The Morgan fingerprint density at radius 1 is 1.30 bits per heavy atom. The van der Waals surface area contributed by atoms with E-state index in [2.05, 4.69) is 20.6 Å². The van der Waals surface area contributed by atoms with Gasteiger partial charge >= 0.3 is 0 Å². The quantitative estimate of drug-likeness (QED) is 0.810. The second-order valence-corrected chi connectivity index (χ2v) is 6.61. The molecule has 0 radical (unpaired) electrons. The molecule has 1 aliphatic rings. The van der Waals surface area contributed by atoms with E-state index in [0.717, 1.165) is 4.31 Å². The van der Waals surface area contributed by atoms with Crippen molar-refractivity contribution in [2.75, 3.05) is 26.1 Å². The lowest BCUT2D eigenvalue weighted by molar-refractivity contribution is 0.521. The zero-order chi connectivity index (χ0) is 14.8. The molecule has 108 valence electrons. The first-order chi connectivity index (χ1) is 9.41. The second-order valence-electron chi connectivity index (χ2n) is 4.13. The van der Waals surface area contributed by atoms with Crippen LogP contribution >= 0.6 is 11.6 Å². The molecular weight excluding hydrogens is 302 g/mol. The van der Waals surface area contributed by atoms with Gasteiger partial charge in [-0.3, -0.25) is 0 Å². The largest absolute Gasteiger partial charge is 0.325 e. The topological polar surface area (TPSA) is 86.2 Å². The van der Waals surface area contributed by atoms with Crippen LogP contribution in [0.5, 0.6) is 0 Å². The van der Waals surface area contributed by atoms with E-state index in [1.807, 2.05) is 0 Å². The van der Waals surface area contributed by atoms with Gasteiger partial charge in [0.05, 0.1) is 5.69 Å². The van der Waals surface area contributed by atoms with E-state index < -0.39 is 10.0 Å². The molecule has 2 rings (SSSR count). The molecule has 0 saturated carbocycles. The first-order valence-corrected chi connectivity index (χ1v) is 7.53. The minimum absolute atomic E-state index is 0.160. The number of hydrogen-bond acceptors (Lipinski definition) is 6. The Morgan fingerprint density at radius 3 is 2.65 bits per heavy atom. The van der Waals surface area contributed by atoms with Gasteiger partial charge in [-0.1, -0.05) is 12.1 Å². The Balaban J connectivity index is 2.32. The van der Waals surface area contributed by atoms with Crippen LogP contribution in [-0.2, 0) is 10.0 Å². The highest BCUT2D eigenvalue weighted by atomic mass is 35.5. The molecular formula is C11H14ClN5O2S. The van der Waals surface area contributed by atoms with Gasteiger partial charge in [0.2, 0.25) is 16.0 Å². The maximum absolute atomic E-state index is 12.2. The number of rotatable bonds is 3. The van der Waals surface area contributed by atoms with Gasteiger partial charge in [0.1, 0.15) is 11.6 Å². The first-order valence-electron chi connectivity index (χ1n) is 5.71. The fraction of sp³-hybridized carbons (Fsp3) is 0.273. The van der Waals surface area contributed by atoms with Gasteiger partial charge in [0.25, 0.3) is 0 Å². The molecule has 9 heteroatoms. The summed E-state index contributed by atoms with van der Waals surface area (Å²) in [6.45, 7) is 0.191. The Labute approximate surface area is 122 Å². The highest BCUT2D eigenvalue weighted by Crippen LogP contribution is 2.23. The number of sulfonamides is 1. The minimum Gasteiger partial charge on any atom is -0.325 e. The average Bonchev–Trinajstić information content (AvgIpc) is 2.39.